The number of nitrogens with zero attached hydrogens (tertiary/aromatic N) is 2. The number of aryl methyl sites for hydroxylation is 1. The first-order valence-electron chi connectivity index (χ1n) is 7.19. The van der Waals surface area contributed by atoms with Crippen molar-refractivity contribution in [2.24, 2.45) is 0 Å². The maximum atomic E-state index is 12.0. The van der Waals surface area contributed by atoms with Crippen LogP contribution in [0.3, 0.4) is 0 Å². The molecule has 1 amide bonds. The normalized spacial score (nSPS) is 10.4. The number of carbonyl (C=O) groups is 1. The summed E-state index contributed by atoms with van der Waals surface area (Å²) in [7, 11) is 0. The summed E-state index contributed by atoms with van der Waals surface area (Å²) >= 11 is 5.79. The Labute approximate surface area is 143 Å². The molecule has 0 spiro atoms. The fraction of sp³-hybridized carbons (Fsp3) is 0.118. The number of hydrogen-bond donors (Lipinski definition) is 1. The quantitative estimate of drug-likeness (QED) is 0.764. The van der Waals surface area contributed by atoms with Crippen LogP contribution in [0.5, 0.6) is 5.75 Å². The highest BCUT2D eigenvalue weighted by molar-refractivity contribution is 6.30. The minimum atomic E-state index is -0.367. The summed E-state index contributed by atoms with van der Waals surface area (Å²) in [6.45, 7) is 1.82. The number of carbonyl (C=O) groups excluding carboxylic acids is 1. The van der Waals surface area contributed by atoms with Crippen molar-refractivity contribution in [2.45, 2.75) is 6.92 Å². The van der Waals surface area contributed by atoms with Gasteiger partial charge in [0.05, 0.1) is 0 Å². The van der Waals surface area contributed by atoms with Gasteiger partial charge in [-0.2, -0.15) is 0 Å². The van der Waals surface area contributed by atoms with Crippen LogP contribution in [0.4, 0.5) is 5.82 Å². The van der Waals surface area contributed by atoms with Gasteiger partial charge in [0.15, 0.2) is 12.3 Å². The molecule has 0 aliphatic heterocycles. The lowest BCUT2D eigenvalue weighted by Gasteiger charge is -2.06. The molecule has 3 rings (SSSR count). The van der Waals surface area contributed by atoms with Crippen molar-refractivity contribution in [3.05, 3.63) is 59.1 Å². The molecule has 0 saturated heterocycles. The third-order valence-electron chi connectivity index (χ3n) is 3.25. The van der Waals surface area contributed by atoms with Crippen LogP contribution in [0.1, 0.15) is 5.56 Å². The predicted molar refractivity (Wildman–Crippen MR) is 90.0 cm³/mol. The molecule has 1 aromatic heterocycles. The van der Waals surface area contributed by atoms with Gasteiger partial charge in [0.2, 0.25) is 5.82 Å². The zero-order valence-corrected chi connectivity index (χ0v) is 13.6. The van der Waals surface area contributed by atoms with E-state index in [2.05, 4.69) is 15.6 Å². The molecule has 0 aliphatic rings. The van der Waals surface area contributed by atoms with E-state index in [0.29, 0.717) is 16.5 Å². The topological polar surface area (TPSA) is 77.3 Å². The largest absolute Gasteiger partial charge is 0.484 e. The van der Waals surface area contributed by atoms with E-state index < -0.39 is 0 Å². The first-order valence-corrected chi connectivity index (χ1v) is 7.57. The van der Waals surface area contributed by atoms with Crippen molar-refractivity contribution in [3.63, 3.8) is 0 Å². The average Bonchev–Trinajstić information content (AvgIpc) is 3.03. The molecule has 0 saturated carbocycles. The van der Waals surface area contributed by atoms with Crippen LogP contribution in [0.2, 0.25) is 5.02 Å². The molecule has 0 unspecified atom stereocenters. The summed E-state index contributed by atoms with van der Waals surface area (Å²) in [4.78, 5) is 12.0. The van der Waals surface area contributed by atoms with Crippen LogP contribution in [-0.2, 0) is 4.79 Å². The molecule has 6 nitrogen and oxygen atoms in total. The second-order valence-corrected chi connectivity index (χ2v) is 5.55. The van der Waals surface area contributed by atoms with E-state index >= 15 is 0 Å². The van der Waals surface area contributed by atoms with Gasteiger partial charge in [-0.1, -0.05) is 41.4 Å². The van der Waals surface area contributed by atoms with Crippen molar-refractivity contribution < 1.29 is 14.2 Å². The van der Waals surface area contributed by atoms with Crippen molar-refractivity contribution in [3.8, 4) is 17.0 Å². The molecular weight excluding hydrogens is 330 g/mol. The Morgan fingerprint density at radius 1 is 1.12 bits per heavy atom. The van der Waals surface area contributed by atoms with Gasteiger partial charge >= 0.3 is 0 Å². The molecule has 2 aromatic carbocycles. The maximum absolute atomic E-state index is 12.0. The first kappa shape index (κ1) is 16.0. The second-order valence-electron chi connectivity index (χ2n) is 5.12. The van der Waals surface area contributed by atoms with E-state index in [9.17, 15) is 4.79 Å². The smallest absolute Gasteiger partial charge is 0.263 e. The maximum Gasteiger partial charge on any atom is 0.263 e. The van der Waals surface area contributed by atoms with Crippen molar-refractivity contribution in [1.29, 1.82) is 0 Å². The average molecular weight is 344 g/mol. The molecule has 7 heteroatoms. The molecule has 24 heavy (non-hydrogen) atoms. The van der Waals surface area contributed by atoms with Crippen LogP contribution in [-0.4, -0.2) is 22.8 Å². The van der Waals surface area contributed by atoms with Gasteiger partial charge in [0.1, 0.15) is 5.75 Å². The van der Waals surface area contributed by atoms with Crippen LogP contribution >= 0.6 is 11.6 Å². The minimum absolute atomic E-state index is 0.165. The van der Waals surface area contributed by atoms with Crippen LogP contribution in [0.15, 0.2) is 53.2 Å². The second kappa shape index (κ2) is 7.14. The zero-order chi connectivity index (χ0) is 16.9. The van der Waals surface area contributed by atoms with Crippen LogP contribution < -0.4 is 10.1 Å². The summed E-state index contributed by atoms with van der Waals surface area (Å²) in [5.41, 5.74) is 2.39. The molecular formula is C17H14ClN3O3. The van der Waals surface area contributed by atoms with Gasteiger partial charge in [0.25, 0.3) is 5.91 Å². The predicted octanol–water partition coefficient (Wildman–Crippen LogP) is 3.72. The standard InChI is InChI=1S/C17H14ClN3O3/c1-11-2-4-12(5-3-11)16-17(21-24-20-16)19-15(22)10-23-14-8-6-13(18)7-9-14/h2-9H,10H2,1H3,(H,19,21,22). The van der Waals surface area contributed by atoms with Crippen molar-refractivity contribution in [2.75, 3.05) is 11.9 Å². The van der Waals surface area contributed by atoms with E-state index in [1.165, 1.54) is 0 Å². The van der Waals surface area contributed by atoms with Gasteiger partial charge in [-0.15, -0.1) is 0 Å². The molecule has 0 fully saturated rings. The van der Waals surface area contributed by atoms with E-state index in [1.54, 1.807) is 24.3 Å². The number of benzene rings is 2. The van der Waals surface area contributed by atoms with Gasteiger partial charge in [-0.05, 0) is 41.5 Å². The number of nitrogens with one attached hydrogen (secondary N) is 1. The number of rotatable bonds is 5. The Kier molecular flexibility index (Phi) is 4.77. The summed E-state index contributed by atoms with van der Waals surface area (Å²) < 4.78 is 10.1. The molecule has 1 N–H and O–H groups in total. The number of hydrogen-bond acceptors (Lipinski definition) is 5. The third kappa shape index (κ3) is 3.91. The lowest BCUT2D eigenvalue weighted by molar-refractivity contribution is -0.118. The number of anilines is 1. The molecule has 0 aliphatic carbocycles. The molecule has 3 aromatic rings. The van der Waals surface area contributed by atoms with Crippen LogP contribution in [0.25, 0.3) is 11.3 Å². The van der Waals surface area contributed by atoms with Crippen molar-refractivity contribution in [1.82, 2.24) is 10.3 Å². The highest BCUT2D eigenvalue weighted by Crippen LogP contribution is 2.24. The molecule has 0 radical (unpaired) electrons. The highest BCUT2D eigenvalue weighted by Gasteiger charge is 2.15. The van der Waals surface area contributed by atoms with Gasteiger partial charge in [-0.25, -0.2) is 4.63 Å². The number of ether oxygens (including phenoxy) is 1. The first-order chi connectivity index (χ1) is 11.6. The fourth-order valence-corrected chi connectivity index (χ4v) is 2.15. The van der Waals surface area contributed by atoms with E-state index in [4.69, 9.17) is 21.0 Å². The Bertz CT molecular complexity index is 829. The zero-order valence-electron chi connectivity index (χ0n) is 12.8. The van der Waals surface area contributed by atoms with Crippen LogP contribution in [0, 0.1) is 6.92 Å². The van der Waals surface area contributed by atoms with Crippen molar-refractivity contribution >= 4 is 23.3 Å². The Hall–Kier alpha value is -2.86. The Balaban J connectivity index is 1.64. The summed E-state index contributed by atoms with van der Waals surface area (Å²) in [6, 6.07) is 14.4. The minimum Gasteiger partial charge on any atom is -0.484 e. The molecule has 0 bridgehead atoms. The Morgan fingerprint density at radius 3 is 2.54 bits per heavy atom. The molecule has 1 heterocycles. The summed E-state index contributed by atoms with van der Waals surface area (Å²) in [5.74, 6) is 0.434. The Morgan fingerprint density at radius 2 is 1.83 bits per heavy atom. The van der Waals surface area contributed by atoms with E-state index in [0.717, 1.165) is 11.1 Å². The highest BCUT2D eigenvalue weighted by atomic mass is 35.5. The lowest BCUT2D eigenvalue weighted by atomic mass is 10.1. The fourth-order valence-electron chi connectivity index (χ4n) is 2.02. The number of aromatic nitrogens is 2. The summed E-state index contributed by atoms with van der Waals surface area (Å²) in [6.07, 6.45) is 0. The third-order valence-corrected chi connectivity index (χ3v) is 3.51. The van der Waals surface area contributed by atoms with Gasteiger partial charge < -0.3 is 10.1 Å². The SMILES string of the molecule is Cc1ccc(-c2nonc2NC(=O)COc2ccc(Cl)cc2)cc1. The van der Waals surface area contributed by atoms with Gasteiger partial charge in [-0.3, -0.25) is 4.79 Å². The van der Waals surface area contributed by atoms with Gasteiger partial charge in [0, 0.05) is 10.6 Å². The number of amides is 1. The van der Waals surface area contributed by atoms with E-state index in [-0.39, 0.29) is 18.3 Å². The lowest BCUT2D eigenvalue weighted by Crippen LogP contribution is -2.20. The summed E-state index contributed by atoms with van der Waals surface area (Å²) in [5, 5.41) is 10.8. The van der Waals surface area contributed by atoms with E-state index in [1.807, 2.05) is 31.2 Å². The monoisotopic (exact) mass is 343 g/mol. The molecule has 0 atom stereocenters. The molecule has 122 valence electrons. The number of halogens is 1.